The maximum Gasteiger partial charge on any atom is 0.248 e. The molecule has 0 spiro atoms. The van der Waals surface area contributed by atoms with Crippen molar-refractivity contribution in [2.75, 3.05) is 0 Å². The number of carbonyl (C=O) groups excluding carboxylic acids is 1. The predicted octanol–water partition coefficient (Wildman–Crippen LogP) is 3.58. The van der Waals surface area contributed by atoms with E-state index in [-0.39, 0.29) is 5.91 Å². The summed E-state index contributed by atoms with van der Waals surface area (Å²) in [6, 6.07) is 7.98. The molecular weight excluding hydrogens is 292 g/mol. The molecule has 0 fully saturated rings. The van der Waals surface area contributed by atoms with E-state index in [0.29, 0.717) is 18.9 Å². The minimum absolute atomic E-state index is 0.105. The van der Waals surface area contributed by atoms with Crippen LogP contribution in [-0.2, 0) is 11.3 Å². The molecule has 1 amide bonds. The normalized spacial score (nSPS) is 15.4. The van der Waals surface area contributed by atoms with Crippen LogP contribution >= 0.6 is 15.9 Å². The van der Waals surface area contributed by atoms with Gasteiger partial charge in [0.25, 0.3) is 0 Å². The molecule has 0 unspecified atom stereocenters. The van der Waals surface area contributed by atoms with Gasteiger partial charge in [0.2, 0.25) is 5.91 Å². The first kappa shape index (κ1) is 13.3. The predicted molar refractivity (Wildman–Crippen MR) is 76.2 cm³/mol. The topological polar surface area (TPSA) is 32.7 Å². The summed E-state index contributed by atoms with van der Waals surface area (Å²) in [5.41, 5.74) is 2.10. The van der Waals surface area contributed by atoms with Gasteiger partial charge >= 0.3 is 0 Å². The first-order valence-electron chi connectivity index (χ1n) is 6.16. The summed E-state index contributed by atoms with van der Waals surface area (Å²) in [4.78, 5) is 11.8. The van der Waals surface area contributed by atoms with Crippen LogP contribution < -0.4 is 0 Å². The zero-order valence-electron chi connectivity index (χ0n) is 10.7. The average molecular weight is 309 g/mol. The Morgan fingerprint density at radius 3 is 2.61 bits per heavy atom. The number of benzene rings is 1. The van der Waals surface area contributed by atoms with Crippen molar-refractivity contribution >= 4 is 27.5 Å². The summed E-state index contributed by atoms with van der Waals surface area (Å²) >= 11 is 3.40. The van der Waals surface area contributed by atoms with E-state index < -0.39 is 0 Å². The summed E-state index contributed by atoms with van der Waals surface area (Å²) in [7, 11) is 0. The Morgan fingerprint density at radius 2 is 2.00 bits per heavy atom. The number of hydrogen-bond acceptors (Lipinski definition) is 2. The van der Waals surface area contributed by atoms with Crippen molar-refractivity contribution in [2.45, 2.75) is 33.2 Å². The van der Waals surface area contributed by atoms with Gasteiger partial charge in [-0.2, -0.15) is 5.10 Å². The average Bonchev–Trinajstić information content (AvgIpc) is 2.61. The molecule has 0 atom stereocenters. The molecule has 1 aliphatic rings. The van der Waals surface area contributed by atoms with Crippen LogP contribution in [-0.4, -0.2) is 16.6 Å². The van der Waals surface area contributed by atoms with Gasteiger partial charge in [-0.1, -0.05) is 41.9 Å². The molecule has 1 aromatic rings. The highest BCUT2D eigenvalue weighted by atomic mass is 79.9. The highest BCUT2D eigenvalue weighted by Crippen LogP contribution is 2.18. The third kappa shape index (κ3) is 3.42. The van der Waals surface area contributed by atoms with E-state index in [1.165, 1.54) is 0 Å². The molecule has 0 saturated carbocycles. The highest BCUT2D eigenvalue weighted by molar-refractivity contribution is 9.10. The number of rotatable bonds is 4. The van der Waals surface area contributed by atoms with Crippen LogP contribution in [0, 0.1) is 5.92 Å². The molecule has 2 rings (SSSR count). The molecule has 1 aliphatic heterocycles. The second-order valence-electron chi connectivity index (χ2n) is 5.02. The van der Waals surface area contributed by atoms with E-state index in [2.05, 4.69) is 34.9 Å². The molecule has 3 nitrogen and oxygen atoms in total. The number of amides is 1. The fourth-order valence-electron chi connectivity index (χ4n) is 2.00. The largest absolute Gasteiger partial charge is 0.273 e. The van der Waals surface area contributed by atoms with E-state index >= 15 is 0 Å². The van der Waals surface area contributed by atoms with Crippen molar-refractivity contribution in [3.8, 4) is 0 Å². The maximum atomic E-state index is 11.8. The summed E-state index contributed by atoms with van der Waals surface area (Å²) in [5.74, 6) is 0.651. The van der Waals surface area contributed by atoms with Crippen LogP contribution in [0.25, 0.3) is 0 Å². The first-order chi connectivity index (χ1) is 8.54. The lowest BCUT2D eigenvalue weighted by Crippen LogP contribution is -2.19. The Kier molecular flexibility index (Phi) is 4.17. The van der Waals surface area contributed by atoms with Crippen LogP contribution in [0.5, 0.6) is 0 Å². The molecule has 0 N–H and O–H groups in total. The third-order valence-electron chi connectivity index (χ3n) is 2.79. The van der Waals surface area contributed by atoms with E-state index in [1.54, 1.807) is 5.01 Å². The van der Waals surface area contributed by atoms with Gasteiger partial charge in [0.05, 0.1) is 13.0 Å². The Balaban J connectivity index is 2.03. The molecule has 0 radical (unpaired) electrons. The number of hydrazone groups is 1. The van der Waals surface area contributed by atoms with Crippen molar-refractivity contribution in [3.63, 3.8) is 0 Å². The Labute approximate surface area is 116 Å². The number of nitrogens with zero attached hydrogens (tertiary/aromatic N) is 2. The van der Waals surface area contributed by atoms with Crippen molar-refractivity contribution < 1.29 is 4.79 Å². The van der Waals surface area contributed by atoms with Crippen LogP contribution in [0.4, 0.5) is 0 Å². The zero-order chi connectivity index (χ0) is 13.1. The standard InChI is InChI=1S/C14H17BrN2O/c1-10(2)7-13-8-14(18)17(16-13)9-11-3-5-12(15)6-4-11/h3-6,10H,7-9H2,1-2H3. The Hall–Kier alpha value is -1.16. The van der Waals surface area contributed by atoms with Gasteiger partial charge in [-0.25, -0.2) is 5.01 Å². The van der Waals surface area contributed by atoms with Crippen molar-refractivity contribution in [2.24, 2.45) is 11.0 Å². The maximum absolute atomic E-state index is 11.8. The van der Waals surface area contributed by atoms with E-state index in [4.69, 9.17) is 0 Å². The van der Waals surface area contributed by atoms with Crippen LogP contribution in [0.1, 0.15) is 32.3 Å². The summed E-state index contributed by atoms with van der Waals surface area (Å²) in [6.45, 7) is 4.85. The van der Waals surface area contributed by atoms with Gasteiger partial charge in [-0.15, -0.1) is 0 Å². The summed E-state index contributed by atoms with van der Waals surface area (Å²) in [5, 5.41) is 6.00. The minimum atomic E-state index is 0.105. The quantitative estimate of drug-likeness (QED) is 0.836. The summed E-state index contributed by atoms with van der Waals surface area (Å²) in [6.07, 6.45) is 1.39. The van der Waals surface area contributed by atoms with Crippen molar-refractivity contribution in [1.82, 2.24) is 5.01 Å². The molecule has 96 valence electrons. The van der Waals surface area contributed by atoms with Gasteiger partial charge in [0, 0.05) is 10.2 Å². The lowest BCUT2D eigenvalue weighted by molar-refractivity contribution is -0.129. The van der Waals surface area contributed by atoms with Gasteiger partial charge in [-0.3, -0.25) is 4.79 Å². The Bertz CT molecular complexity index is 465. The molecule has 0 aliphatic carbocycles. The van der Waals surface area contributed by atoms with Crippen molar-refractivity contribution in [1.29, 1.82) is 0 Å². The molecule has 1 heterocycles. The van der Waals surface area contributed by atoms with Gasteiger partial charge < -0.3 is 0 Å². The molecule has 18 heavy (non-hydrogen) atoms. The smallest absolute Gasteiger partial charge is 0.248 e. The molecule has 0 saturated heterocycles. The van der Waals surface area contributed by atoms with Gasteiger partial charge in [0.15, 0.2) is 0 Å². The summed E-state index contributed by atoms with van der Waals surface area (Å²) < 4.78 is 1.04. The molecule has 1 aromatic carbocycles. The van der Waals surface area contributed by atoms with Crippen LogP contribution in [0.2, 0.25) is 0 Å². The second-order valence-corrected chi connectivity index (χ2v) is 5.93. The SMILES string of the molecule is CC(C)CC1=NN(Cc2ccc(Br)cc2)C(=O)C1. The van der Waals surface area contributed by atoms with Gasteiger partial charge in [0.1, 0.15) is 0 Å². The fourth-order valence-corrected chi connectivity index (χ4v) is 2.26. The fraction of sp³-hybridized carbons (Fsp3) is 0.429. The van der Waals surface area contributed by atoms with Gasteiger partial charge in [-0.05, 0) is 30.0 Å². The second kappa shape index (κ2) is 5.65. The molecular formula is C14H17BrN2O. The lowest BCUT2D eigenvalue weighted by Gasteiger charge is -2.11. The molecule has 4 heteroatoms. The van der Waals surface area contributed by atoms with E-state index in [0.717, 1.165) is 22.2 Å². The minimum Gasteiger partial charge on any atom is -0.273 e. The molecule has 0 aromatic heterocycles. The first-order valence-corrected chi connectivity index (χ1v) is 6.95. The van der Waals surface area contributed by atoms with Crippen LogP contribution in [0.15, 0.2) is 33.8 Å². The molecule has 0 bridgehead atoms. The van der Waals surface area contributed by atoms with Crippen LogP contribution in [0.3, 0.4) is 0 Å². The lowest BCUT2D eigenvalue weighted by atomic mass is 10.1. The zero-order valence-corrected chi connectivity index (χ0v) is 12.3. The third-order valence-corrected chi connectivity index (χ3v) is 3.32. The van der Waals surface area contributed by atoms with E-state index in [1.807, 2.05) is 24.3 Å². The number of hydrogen-bond donors (Lipinski definition) is 0. The highest BCUT2D eigenvalue weighted by Gasteiger charge is 2.23. The number of halogens is 1. The number of carbonyl (C=O) groups is 1. The monoisotopic (exact) mass is 308 g/mol. The Morgan fingerprint density at radius 1 is 1.33 bits per heavy atom. The van der Waals surface area contributed by atoms with Crippen molar-refractivity contribution in [3.05, 3.63) is 34.3 Å². The van der Waals surface area contributed by atoms with E-state index in [9.17, 15) is 4.79 Å².